The summed E-state index contributed by atoms with van der Waals surface area (Å²) in [6, 6.07) is 12.7. The zero-order valence-electron chi connectivity index (χ0n) is 16.1. The van der Waals surface area contributed by atoms with E-state index in [0.29, 0.717) is 55.5 Å². The molecule has 5 rings (SSSR count). The van der Waals surface area contributed by atoms with Gasteiger partial charge < -0.3 is 14.4 Å². The van der Waals surface area contributed by atoms with Crippen molar-refractivity contribution in [2.75, 3.05) is 19.8 Å². The molecule has 3 heterocycles. The number of fused-ring (bicyclic) bond motifs is 2. The van der Waals surface area contributed by atoms with Gasteiger partial charge in [0.1, 0.15) is 19.0 Å². The fourth-order valence-corrected chi connectivity index (χ4v) is 3.92. The number of halogens is 1. The maximum atomic E-state index is 13.2. The van der Waals surface area contributed by atoms with E-state index in [4.69, 9.17) is 9.47 Å². The van der Waals surface area contributed by atoms with Gasteiger partial charge >= 0.3 is 0 Å². The Hall–Kier alpha value is -3.61. The fraction of sp³-hybridized carbons (Fsp3) is 0.217. The molecule has 0 fully saturated rings. The van der Waals surface area contributed by atoms with Crippen molar-refractivity contribution >= 4 is 5.91 Å². The van der Waals surface area contributed by atoms with Crippen LogP contribution < -0.4 is 15.0 Å². The minimum atomic E-state index is -0.362. The highest BCUT2D eigenvalue weighted by Gasteiger charge is 2.27. The molecular formula is C23H19FN2O4. The number of para-hydroxylation sites is 1. The third-order valence-corrected chi connectivity index (χ3v) is 5.43. The van der Waals surface area contributed by atoms with Gasteiger partial charge in [0.15, 0.2) is 11.5 Å². The SMILES string of the molecule is O=C(c1cccc2c1OCCO2)N1CCc2cc(=O)n(-c3ccc(F)cc3)cc2C1. The number of hydrogen-bond acceptors (Lipinski definition) is 4. The smallest absolute Gasteiger partial charge is 0.258 e. The van der Waals surface area contributed by atoms with Crippen LogP contribution in [0, 0.1) is 5.82 Å². The van der Waals surface area contributed by atoms with Crippen molar-refractivity contribution < 1.29 is 18.7 Å². The Bertz CT molecular complexity index is 1190. The first-order valence-corrected chi connectivity index (χ1v) is 9.78. The Balaban J connectivity index is 1.46. The van der Waals surface area contributed by atoms with Crippen molar-refractivity contribution in [1.82, 2.24) is 9.47 Å². The highest BCUT2D eigenvalue weighted by atomic mass is 19.1. The van der Waals surface area contributed by atoms with Gasteiger partial charge in [-0.1, -0.05) is 6.07 Å². The summed E-state index contributed by atoms with van der Waals surface area (Å²) in [7, 11) is 0. The summed E-state index contributed by atoms with van der Waals surface area (Å²) >= 11 is 0. The number of ether oxygens (including phenoxy) is 2. The van der Waals surface area contributed by atoms with Gasteiger partial charge in [0, 0.05) is 31.0 Å². The van der Waals surface area contributed by atoms with E-state index in [1.54, 1.807) is 47.5 Å². The lowest BCUT2D eigenvalue weighted by Crippen LogP contribution is -2.37. The first kappa shape index (κ1) is 18.4. The van der Waals surface area contributed by atoms with Crippen LogP contribution in [0.4, 0.5) is 4.39 Å². The van der Waals surface area contributed by atoms with Crippen LogP contribution in [0.1, 0.15) is 21.5 Å². The third-order valence-electron chi connectivity index (χ3n) is 5.43. The topological polar surface area (TPSA) is 60.8 Å². The monoisotopic (exact) mass is 406 g/mol. The van der Waals surface area contributed by atoms with E-state index < -0.39 is 0 Å². The molecule has 2 aromatic carbocycles. The lowest BCUT2D eigenvalue weighted by molar-refractivity contribution is 0.0724. The highest BCUT2D eigenvalue weighted by Crippen LogP contribution is 2.35. The number of aromatic nitrogens is 1. The maximum absolute atomic E-state index is 13.2. The van der Waals surface area contributed by atoms with Gasteiger partial charge in [-0.15, -0.1) is 0 Å². The van der Waals surface area contributed by atoms with Gasteiger partial charge in [-0.3, -0.25) is 14.2 Å². The third kappa shape index (κ3) is 3.22. The number of carbonyl (C=O) groups excluding carboxylic acids is 1. The molecule has 1 aromatic heterocycles. The molecule has 2 aliphatic rings. The van der Waals surface area contributed by atoms with Crippen LogP contribution in [-0.4, -0.2) is 35.1 Å². The molecule has 7 heteroatoms. The molecule has 0 radical (unpaired) electrons. The van der Waals surface area contributed by atoms with Crippen LogP contribution in [0.2, 0.25) is 0 Å². The molecule has 0 unspecified atom stereocenters. The van der Waals surface area contributed by atoms with E-state index >= 15 is 0 Å². The quantitative estimate of drug-likeness (QED) is 0.657. The van der Waals surface area contributed by atoms with E-state index in [1.165, 1.54) is 16.7 Å². The second kappa shape index (κ2) is 7.33. The zero-order valence-corrected chi connectivity index (χ0v) is 16.1. The van der Waals surface area contributed by atoms with Gasteiger partial charge in [-0.05, 0) is 53.9 Å². The standard InChI is InChI=1S/C23H19FN2O4/c24-17-4-6-18(7-5-17)26-14-16-13-25(9-8-15(16)12-21(26)27)23(28)19-2-1-3-20-22(19)30-11-10-29-20/h1-7,12,14H,8-11,13H2. The number of carbonyl (C=O) groups is 1. The Morgan fingerprint density at radius 1 is 1.00 bits per heavy atom. The molecular weight excluding hydrogens is 387 g/mol. The van der Waals surface area contributed by atoms with Crippen molar-refractivity contribution in [3.8, 4) is 17.2 Å². The minimum absolute atomic E-state index is 0.137. The maximum Gasteiger partial charge on any atom is 0.258 e. The van der Waals surface area contributed by atoms with Crippen molar-refractivity contribution in [2.45, 2.75) is 13.0 Å². The summed E-state index contributed by atoms with van der Waals surface area (Å²) in [5.74, 6) is 0.562. The summed E-state index contributed by atoms with van der Waals surface area (Å²) < 4.78 is 26.0. The molecule has 0 saturated carbocycles. The van der Waals surface area contributed by atoms with E-state index in [0.717, 1.165) is 11.1 Å². The van der Waals surface area contributed by atoms with E-state index in [1.807, 2.05) is 0 Å². The highest BCUT2D eigenvalue weighted by molar-refractivity contribution is 5.98. The molecule has 3 aromatic rings. The van der Waals surface area contributed by atoms with E-state index in [-0.39, 0.29) is 17.3 Å². The van der Waals surface area contributed by atoms with Crippen LogP contribution in [0.15, 0.2) is 59.5 Å². The Morgan fingerprint density at radius 2 is 1.80 bits per heavy atom. The van der Waals surface area contributed by atoms with Crippen LogP contribution in [0.3, 0.4) is 0 Å². The number of rotatable bonds is 2. The summed E-state index contributed by atoms with van der Waals surface area (Å²) in [5.41, 5.74) is 2.69. The second-order valence-corrected chi connectivity index (χ2v) is 7.32. The average Bonchev–Trinajstić information content (AvgIpc) is 2.78. The summed E-state index contributed by atoms with van der Waals surface area (Å²) in [6.45, 7) is 1.75. The molecule has 0 aliphatic carbocycles. The average molecular weight is 406 g/mol. The van der Waals surface area contributed by atoms with E-state index in [9.17, 15) is 14.0 Å². The molecule has 30 heavy (non-hydrogen) atoms. The Morgan fingerprint density at radius 3 is 2.63 bits per heavy atom. The number of amides is 1. The van der Waals surface area contributed by atoms with Gasteiger partial charge in [-0.25, -0.2) is 4.39 Å². The van der Waals surface area contributed by atoms with Gasteiger partial charge in [-0.2, -0.15) is 0 Å². The first-order valence-electron chi connectivity index (χ1n) is 9.78. The summed E-state index contributed by atoms with van der Waals surface area (Å²) in [4.78, 5) is 27.5. The van der Waals surface area contributed by atoms with Crippen molar-refractivity contribution in [3.05, 3.63) is 87.6 Å². The normalized spacial score (nSPS) is 14.9. The second-order valence-electron chi connectivity index (χ2n) is 7.32. The van der Waals surface area contributed by atoms with Gasteiger partial charge in [0.05, 0.1) is 5.56 Å². The molecule has 6 nitrogen and oxygen atoms in total. The van der Waals surface area contributed by atoms with Gasteiger partial charge in [0.25, 0.3) is 11.5 Å². The minimum Gasteiger partial charge on any atom is -0.486 e. The number of benzene rings is 2. The first-order chi connectivity index (χ1) is 14.6. The van der Waals surface area contributed by atoms with E-state index in [2.05, 4.69) is 0 Å². The lowest BCUT2D eigenvalue weighted by atomic mass is 10.0. The lowest BCUT2D eigenvalue weighted by Gasteiger charge is -2.30. The summed E-state index contributed by atoms with van der Waals surface area (Å²) in [6.07, 6.45) is 2.33. The Labute approximate surface area is 172 Å². The number of pyridine rings is 1. The molecule has 1 amide bonds. The van der Waals surface area contributed by atoms with Crippen LogP contribution >= 0.6 is 0 Å². The molecule has 0 N–H and O–H groups in total. The molecule has 0 bridgehead atoms. The fourth-order valence-electron chi connectivity index (χ4n) is 3.92. The predicted molar refractivity (Wildman–Crippen MR) is 108 cm³/mol. The number of nitrogens with zero attached hydrogens (tertiary/aromatic N) is 2. The number of hydrogen-bond donors (Lipinski definition) is 0. The molecule has 152 valence electrons. The molecule has 0 atom stereocenters. The van der Waals surface area contributed by atoms with Crippen molar-refractivity contribution in [3.63, 3.8) is 0 Å². The Kier molecular flexibility index (Phi) is 4.50. The molecule has 0 saturated heterocycles. The zero-order chi connectivity index (χ0) is 20.7. The predicted octanol–water partition coefficient (Wildman–Crippen LogP) is 2.95. The molecule has 2 aliphatic heterocycles. The molecule has 0 spiro atoms. The van der Waals surface area contributed by atoms with Crippen LogP contribution in [-0.2, 0) is 13.0 Å². The van der Waals surface area contributed by atoms with Crippen molar-refractivity contribution in [1.29, 1.82) is 0 Å². The van der Waals surface area contributed by atoms with Crippen LogP contribution in [0.25, 0.3) is 5.69 Å². The largest absolute Gasteiger partial charge is 0.486 e. The van der Waals surface area contributed by atoms with Crippen molar-refractivity contribution in [2.24, 2.45) is 0 Å². The van der Waals surface area contributed by atoms with Crippen LogP contribution in [0.5, 0.6) is 11.5 Å². The van der Waals surface area contributed by atoms with Gasteiger partial charge in [0.2, 0.25) is 0 Å². The summed E-state index contributed by atoms with van der Waals surface area (Å²) in [5, 5.41) is 0.